The minimum Gasteiger partial charge on any atom is -0.378 e. The van der Waals surface area contributed by atoms with Crippen LogP contribution in [0, 0.1) is 0 Å². The molecule has 146 valence electrons. The summed E-state index contributed by atoms with van der Waals surface area (Å²) in [4.78, 5) is 30.0. The Morgan fingerprint density at radius 2 is 2.04 bits per heavy atom. The lowest BCUT2D eigenvalue weighted by atomic mass is 10.4. The van der Waals surface area contributed by atoms with Crippen LogP contribution in [-0.4, -0.2) is 76.3 Å². The van der Waals surface area contributed by atoms with Crippen LogP contribution < -0.4 is 10.2 Å². The van der Waals surface area contributed by atoms with Crippen LogP contribution >= 0.6 is 0 Å². The van der Waals surface area contributed by atoms with Gasteiger partial charge < -0.3 is 24.4 Å². The lowest BCUT2D eigenvalue weighted by Crippen LogP contribution is -2.37. The molecule has 2 aromatic heterocycles. The molecule has 0 spiro atoms. The second kappa shape index (κ2) is 8.08. The normalized spacial score (nSPS) is 17.9. The highest BCUT2D eigenvalue weighted by atomic mass is 16.5. The number of aromatic nitrogens is 4. The summed E-state index contributed by atoms with van der Waals surface area (Å²) in [5, 5.41) is 3.39. The van der Waals surface area contributed by atoms with Crippen LogP contribution in [0.1, 0.15) is 26.2 Å². The zero-order chi connectivity index (χ0) is 18.6. The first kappa shape index (κ1) is 18.0. The molecule has 4 rings (SSSR count). The molecule has 2 saturated heterocycles. The maximum absolute atomic E-state index is 11.9. The number of carbonyl (C=O) groups is 1. The molecule has 9 nitrogen and oxygen atoms in total. The third kappa shape index (κ3) is 3.83. The molecule has 4 heterocycles. The van der Waals surface area contributed by atoms with E-state index in [-0.39, 0.29) is 5.91 Å². The fraction of sp³-hybridized carbons (Fsp3) is 0.667. The molecule has 0 radical (unpaired) electrons. The number of nitrogens with zero attached hydrogens (tertiary/aromatic N) is 6. The van der Waals surface area contributed by atoms with Crippen LogP contribution in [0.4, 0.5) is 11.8 Å². The number of hydrogen-bond donors (Lipinski definition) is 1. The monoisotopic (exact) mass is 373 g/mol. The number of morpholine rings is 1. The van der Waals surface area contributed by atoms with Gasteiger partial charge in [-0.25, -0.2) is 4.98 Å². The predicted molar refractivity (Wildman–Crippen MR) is 103 cm³/mol. The smallest absolute Gasteiger partial charge is 0.229 e. The van der Waals surface area contributed by atoms with E-state index in [1.54, 1.807) is 6.33 Å². The first-order chi connectivity index (χ1) is 13.3. The van der Waals surface area contributed by atoms with E-state index in [0.717, 1.165) is 56.0 Å². The number of fused-ring (bicyclic) bond motifs is 1. The molecule has 0 bridgehead atoms. The number of rotatable bonds is 7. The molecule has 1 amide bonds. The Labute approximate surface area is 158 Å². The minimum atomic E-state index is 0.244. The largest absolute Gasteiger partial charge is 0.378 e. The summed E-state index contributed by atoms with van der Waals surface area (Å²) in [5.41, 5.74) is 1.60. The number of amides is 1. The standard InChI is InChI=1S/C18H27N7O2/c1-2-5-19-16-15-17(22-18(21-16)24-9-11-27-12-10-24)25(13-20-15)8-7-23-6-3-4-14(23)26/h13H,2-12H2,1H3,(H,19,21,22). The van der Waals surface area contributed by atoms with Gasteiger partial charge in [0.15, 0.2) is 17.0 Å². The Morgan fingerprint density at radius 3 is 2.78 bits per heavy atom. The predicted octanol–water partition coefficient (Wildman–Crippen LogP) is 1.11. The second-order valence-electron chi connectivity index (χ2n) is 6.99. The van der Waals surface area contributed by atoms with E-state index in [4.69, 9.17) is 14.7 Å². The molecule has 2 aliphatic heterocycles. The van der Waals surface area contributed by atoms with Crippen molar-refractivity contribution in [1.29, 1.82) is 0 Å². The Balaban J connectivity index is 1.62. The number of nitrogens with one attached hydrogen (secondary N) is 1. The van der Waals surface area contributed by atoms with Gasteiger partial charge in [-0.05, 0) is 12.8 Å². The van der Waals surface area contributed by atoms with Crippen molar-refractivity contribution < 1.29 is 9.53 Å². The molecule has 0 aliphatic carbocycles. The van der Waals surface area contributed by atoms with Crippen molar-refractivity contribution in [2.45, 2.75) is 32.7 Å². The van der Waals surface area contributed by atoms with E-state index in [9.17, 15) is 4.79 Å². The zero-order valence-corrected chi connectivity index (χ0v) is 15.9. The Hall–Kier alpha value is -2.42. The van der Waals surface area contributed by atoms with Gasteiger partial charge in [0.2, 0.25) is 11.9 Å². The Kier molecular flexibility index (Phi) is 5.38. The van der Waals surface area contributed by atoms with Gasteiger partial charge in [0.1, 0.15) is 0 Å². The molecular weight excluding hydrogens is 346 g/mol. The summed E-state index contributed by atoms with van der Waals surface area (Å²) < 4.78 is 7.48. The van der Waals surface area contributed by atoms with E-state index < -0.39 is 0 Å². The van der Waals surface area contributed by atoms with E-state index in [1.165, 1.54) is 0 Å². The van der Waals surface area contributed by atoms with E-state index in [2.05, 4.69) is 22.1 Å². The van der Waals surface area contributed by atoms with Gasteiger partial charge in [-0.1, -0.05) is 6.92 Å². The SMILES string of the molecule is CCCNc1nc(N2CCOCC2)nc2c1ncn2CCN1CCCC1=O. The van der Waals surface area contributed by atoms with Crippen molar-refractivity contribution in [3.05, 3.63) is 6.33 Å². The third-order valence-electron chi connectivity index (χ3n) is 5.07. The lowest BCUT2D eigenvalue weighted by Gasteiger charge is -2.27. The van der Waals surface area contributed by atoms with Crippen molar-refractivity contribution in [3.8, 4) is 0 Å². The van der Waals surface area contributed by atoms with Gasteiger partial charge in [-0.15, -0.1) is 0 Å². The summed E-state index contributed by atoms with van der Waals surface area (Å²) >= 11 is 0. The van der Waals surface area contributed by atoms with Crippen molar-refractivity contribution in [2.75, 3.05) is 56.2 Å². The number of imidazole rings is 1. The lowest BCUT2D eigenvalue weighted by molar-refractivity contribution is -0.127. The summed E-state index contributed by atoms with van der Waals surface area (Å²) in [7, 11) is 0. The number of carbonyl (C=O) groups excluding carboxylic acids is 1. The molecule has 1 N–H and O–H groups in total. The first-order valence-corrected chi connectivity index (χ1v) is 9.83. The van der Waals surface area contributed by atoms with Crippen molar-refractivity contribution in [3.63, 3.8) is 0 Å². The molecule has 0 aromatic carbocycles. The maximum atomic E-state index is 11.9. The van der Waals surface area contributed by atoms with E-state index in [1.807, 2.05) is 9.47 Å². The quantitative estimate of drug-likeness (QED) is 0.778. The molecule has 27 heavy (non-hydrogen) atoms. The molecule has 0 atom stereocenters. The van der Waals surface area contributed by atoms with E-state index >= 15 is 0 Å². The van der Waals surface area contributed by atoms with Crippen molar-refractivity contribution in [2.24, 2.45) is 0 Å². The van der Waals surface area contributed by atoms with Gasteiger partial charge in [0.25, 0.3) is 0 Å². The van der Waals surface area contributed by atoms with Crippen LogP contribution in [0.3, 0.4) is 0 Å². The van der Waals surface area contributed by atoms with Crippen molar-refractivity contribution in [1.82, 2.24) is 24.4 Å². The van der Waals surface area contributed by atoms with Gasteiger partial charge >= 0.3 is 0 Å². The highest BCUT2D eigenvalue weighted by Crippen LogP contribution is 2.23. The Morgan fingerprint density at radius 1 is 1.19 bits per heavy atom. The highest BCUT2D eigenvalue weighted by molar-refractivity contribution is 5.84. The van der Waals surface area contributed by atoms with Gasteiger partial charge in [0.05, 0.1) is 19.5 Å². The topological polar surface area (TPSA) is 88.4 Å². The van der Waals surface area contributed by atoms with Gasteiger partial charge in [0, 0.05) is 45.7 Å². The average Bonchev–Trinajstić information content (AvgIpc) is 3.31. The highest BCUT2D eigenvalue weighted by Gasteiger charge is 2.22. The van der Waals surface area contributed by atoms with Gasteiger partial charge in [-0.2, -0.15) is 9.97 Å². The van der Waals surface area contributed by atoms with Crippen molar-refractivity contribution >= 4 is 28.8 Å². The molecule has 2 aliphatic rings. The molecule has 9 heteroatoms. The summed E-state index contributed by atoms with van der Waals surface area (Å²) in [6, 6.07) is 0. The molecule has 2 aromatic rings. The molecule has 2 fully saturated rings. The number of hydrogen-bond acceptors (Lipinski definition) is 7. The number of ether oxygens (including phenoxy) is 1. The maximum Gasteiger partial charge on any atom is 0.229 e. The second-order valence-corrected chi connectivity index (χ2v) is 6.99. The summed E-state index contributed by atoms with van der Waals surface area (Å²) in [6.07, 6.45) is 4.44. The van der Waals surface area contributed by atoms with E-state index in [0.29, 0.717) is 38.7 Å². The zero-order valence-electron chi connectivity index (χ0n) is 15.9. The summed E-state index contributed by atoms with van der Waals surface area (Å²) in [5.74, 6) is 1.73. The van der Waals surface area contributed by atoms with Crippen LogP contribution in [0.15, 0.2) is 6.33 Å². The molecule has 0 unspecified atom stereocenters. The Bertz CT molecular complexity index is 800. The number of anilines is 2. The van der Waals surface area contributed by atoms with Crippen LogP contribution in [-0.2, 0) is 16.1 Å². The average molecular weight is 373 g/mol. The fourth-order valence-electron chi connectivity index (χ4n) is 3.54. The third-order valence-corrected chi connectivity index (χ3v) is 5.07. The van der Waals surface area contributed by atoms with Crippen LogP contribution in [0.5, 0.6) is 0 Å². The van der Waals surface area contributed by atoms with Gasteiger partial charge in [-0.3, -0.25) is 4.79 Å². The molecule has 0 saturated carbocycles. The fourth-order valence-corrected chi connectivity index (χ4v) is 3.54. The number of likely N-dealkylation sites (tertiary alicyclic amines) is 1. The van der Waals surface area contributed by atoms with Crippen LogP contribution in [0.2, 0.25) is 0 Å². The van der Waals surface area contributed by atoms with Crippen LogP contribution in [0.25, 0.3) is 11.2 Å². The minimum absolute atomic E-state index is 0.244. The molecular formula is C18H27N7O2. The summed E-state index contributed by atoms with van der Waals surface area (Å²) in [6.45, 7) is 8.15. The first-order valence-electron chi connectivity index (χ1n) is 9.83.